The van der Waals surface area contributed by atoms with Crippen molar-refractivity contribution in [3.8, 4) is 0 Å². The summed E-state index contributed by atoms with van der Waals surface area (Å²) in [5, 5.41) is 0. The van der Waals surface area contributed by atoms with Gasteiger partial charge >= 0.3 is 11.9 Å². The minimum Gasteiger partial charge on any atom is -0.465 e. The van der Waals surface area contributed by atoms with E-state index in [1.54, 1.807) is 0 Å². The molecule has 1 aliphatic heterocycles. The van der Waals surface area contributed by atoms with Gasteiger partial charge in [0.15, 0.2) is 17.2 Å². The molecule has 132 valence electrons. The number of halogens is 1. The second-order valence-corrected chi connectivity index (χ2v) is 5.43. The van der Waals surface area contributed by atoms with E-state index in [0.29, 0.717) is 11.2 Å². The molecule has 0 bridgehead atoms. The lowest BCUT2D eigenvalue weighted by Gasteiger charge is -2.21. The van der Waals surface area contributed by atoms with Gasteiger partial charge in [-0.3, -0.25) is 14.2 Å². The number of carbonyl (C=O) groups excluding carboxylic acids is 2. The highest BCUT2D eigenvalue weighted by atomic mass is 35.5. The lowest BCUT2D eigenvalue weighted by Crippen LogP contribution is -2.35. The molecule has 3 heterocycles. The summed E-state index contributed by atoms with van der Waals surface area (Å²) in [6, 6.07) is 0. The van der Waals surface area contributed by atoms with E-state index in [1.807, 2.05) is 0 Å². The first kappa shape index (κ1) is 17.0. The Kier molecular flexibility index (Phi) is 4.45. The van der Waals surface area contributed by atoms with E-state index in [1.165, 1.54) is 31.1 Å². The molecule has 0 aliphatic carbocycles. The molecule has 25 heavy (non-hydrogen) atoms. The summed E-state index contributed by atoms with van der Waals surface area (Å²) in [4.78, 5) is 35.0. The van der Waals surface area contributed by atoms with Crippen molar-refractivity contribution in [1.82, 2.24) is 19.5 Å². The largest absolute Gasteiger partial charge is 0.465 e. The van der Waals surface area contributed by atoms with Crippen molar-refractivity contribution in [2.45, 2.75) is 32.3 Å². The van der Waals surface area contributed by atoms with Gasteiger partial charge in [0.2, 0.25) is 18.4 Å². The highest BCUT2D eigenvalue weighted by Crippen LogP contribution is 2.38. The van der Waals surface area contributed by atoms with Crippen LogP contribution in [-0.4, -0.2) is 43.7 Å². The molecule has 2 aromatic heterocycles. The summed E-state index contributed by atoms with van der Waals surface area (Å²) >= 11 is 5.77. The van der Waals surface area contributed by atoms with Gasteiger partial charge in [0, 0.05) is 19.4 Å². The van der Waals surface area contributed by atoms with Crippen molar-refractivity contribution in [3.63, 3.8) is 0 Å². The van der Waals surface area contributed by atoms with E-state index in [9.17, 15) is 9.59 Å². The van der Waals surface area contributed by atoms with E-state index >= 15 is 0 Å². The third-order valence-corrected chi connectivity index (χ3v) is 3.70. The van der Waals surface area contributed by atoms with Gasteiger partial charge in [-0.25, -0.2) is 15.0 Å². The number of esters is 2. The summed E-state index contributed by atoms with van der Waals surface area (Å²) in [6.45, 7) is 2.46. The lowest BCUT2D eigenvalue weighted by molar-refractivity contribution is -0.164. The Morgan fingerprint density at radius 2 is 2.00 bits per heavy atom. The normalized spacial score (nSPS) is 24.3. The molecule has 11 heteroatoms. The monoisotopic (exact) mass is 367 g/mol. The first-order chi connectivity index (χ1) is 11.9. The number of carbonyl (C=O) groups is 2. The zero-order valence-electron chi connectivity index (χ0n) is 13.2. The van der Waals surface area contributed by atoms with Gasteiger partial charge in [-0.15, -0.1) is 0 Å². The fraction of sp³-hybridized carbons (Fsp3) is 0.357. The molecular formula is C14H14ClN5O5. The van der Waals surface area contributed by atoms with Crippen LogP contribution in [0.2, 0.25) is 0 Å². The first-order valence-corrected chi connectivity index (χ1v) is 7.60. The summed E-state index contributed by atoms with van der Waals surface area (Å²) in [6.07, 6.45) is -0.204. The number of rotatable bonds is 3. The van der Waals surface area contributed by atoms with Gasteiger partial charge in [-0.05, 0) is 0 Å². The fourth-order valence-electron chi connectivity index (χ4n) is 2.56. The average Bonchev–Trinajstić information content (AvgIpc) is 3.10. The summed E-state index contributed by atoms with van der Waals surface area (Å²) in [5.74, 6) is -0.831. The second kappa shape index (κ2) is 6.55. The Morgan fingerprint density at radius 1 is 1.28 bits per heavy atom. The van der Waals surface area contributed by atoms with Crippen molar-refractivity contribution >= 4 is 40.5 Å². The van der Waals surface area contributed by atoms with Crippen molar-refractivity contribution < 1.29 is 23.8 Å². The highest BCUT2D eigenvalue weighted by molar-refractivity contribution is 6.25. The molecule has 0 amide bonds. The number of hydrogen-bond acceptors (Lipinski definition) is 9. The molecule has 1 aliphatic rings. The predicted octanol–water partition coefficient (Wildman–Crippen LogP) is 0.881. The maximum absolute atomic E-state index is 11.5. The van der Waals surface area contributed by atoms with Gasteiger partial charge in [0.1, 0.15) is 18.2 Å². The highest BCUT2D eigenvalue weighted by Gasteiger charge is 2.48. The number of aromatic nitrogens is 4. The average molecular weight is 368 g/mol. The third kappa shape index (κ3) is 3.07. The van der Waals surface area contributed by atoms with Crippen molar-refractivity contribution in [1.29, 1.82) is 0 Å². The topological polar surface area (TPSA) is 131 Å². The summed E-state index contributed by atoms with van der Waals surface area (Å²) in [7, 11) is 0. The maximum Gasteiger partial charge on any atom is 0.303 e. The van der Waals surface area contributed by atoms with E-state index in [-0.39, 0.29) is 11.6 Å². The number of nitrogen functional groups attached to an aromatic ring is 1. The quantitative estimate of drug-likeness (QED) is 0.785. The number of imidazole rings is 1. The Morgan fingerprint density at radius 3 is 2.64 bits per heavy atom. The number of nitrogens with zero attached hydrogens (tertiary/aromatic N) is 4. The van der Waals surface area contributed by atoms with E-state index < -0.39 is 30.4 Å². The van der Waals surface area contributed by atoms with Crippen LogP contribution >= 0.6 is 11.6 Å². The van der Waals surface area contributed by atoms with Crippen LogP contribution in [0.3, 0.4) is 0 Å². The van der Waals surface area contributed by atoms with Crippen LogP contribution in [0.1, 0.15) is 20.1 Å². The van der Waals surface area contributed by atoms with Gasteiger partial charge in [-0.1, -0.05) is 11.6 Å². The Labute approximate surface area is 146 Å². The Bertz CT molecular complexity index is 866. The molecule has 0 spiro atoms. The Balaban J connectivity index is 2.07. The van der Waals surface area contributed by atoms with Crippen molar-refractivity contribution in [2.75, 3.05) is 5.73 Å². The van der Waals surface area contributed by atoms with E-state index in [4.69, 9.17) is 31.5 Å². The molecule has 1 saturated heterocycles. The van der Waals surface area contributed by atoms with Crippen LogP contribution < -0.4 is 5.73 Å². The standard InChI is InChI=1S/C14H14ClN5O5/c1-6(21)23-10-8(3-15)25-14(11(10)24-7(2)22)20-5-19-9-12(16)17-4-18-13(9)20/h3-5,10-11,14H,1-2H3,(H2,16,17,18)/b8-3+/t10-,11-,14-/m1/s1. The second-order valence-electron chi connectivity index (χ2n) is 5.21. The molecule has 3 atom stereocenters. The molecule has 2 N–H and O–H groups in total. The number of nitrogens with two attached hydrogens (primary N) is 1. The molecule has 0 aromatic carbocycles. The van der Waals surface area contributed by atoms with Crippen LogP contribution in [0.25, 0.3) is 11.2 Å². The number of hydrogen-bond donors (Lipinski definition) is 1. The Hall–Kier alpha value is -2.88. The smallest absolute Gasteiger partial charge is 0.303 e. The van der Waals surface area contributed by atoms with Crippen molar-refractivity contribution in [2.24, 2.45) is 0 Å². The number of fused-ring (bicyclic) bond motifs is 1. The maximum atomic E-state index is 11.5. The molecule has 0 saturated carbocycles. The van der Waals surface area contributed by atoms with Gasteiger partial charge < -0.3 is 19.9 Å². The molecular weight excluding hydrogens is 354 g/mol. The van der Waals surface area contributed by atoms with Gasteiger partial charge in [-0.2, -0.15) is 0 Å². The zero-order chi connectivity index (χ0) is 18.1. The van der Waals surface area contributed by atoms with Crippen LogP contribution in [0.5, 0.6) is 0 Å². The van der Waals surface area contributed by atoms with E-state index in [2.05, 4.69) is 15.0 Å². The van der Waals surface area contributed by atoms with E-state index in [0.717, 1.165) is 5.54 Å². The molecule has 0 unspecified atom stereocenters. The van der Waals surface area contributed by atoms with Crippen LogP contribution in [0, 0.1) is 0 Å². The van der Waals surface area contributed by atoms with Crippen molar-refractivity contribution in [3.05, 3.63) is 23.9 Å². The molecule has 2 aromatic rings. The molecule has 10 nitrogen and oxygen atoms in total. The predicted molar refractivity (Wildman–Crippen MR) is 84.9 cm³/mol. The van der Waals surface area contributed by atoms with Crippen LogP contribution in [-0.2, 0) is 23.8 Å². The van der Waals surface area contributed by atoms with Crippen LogP contribution in [0.4, 0.5) is 5.82 Å². The van der Waals surface area contributed by atoms with Crippen LogP contribution in [0.15, 0.2) is 23.9 Å². The SMILES string of the molecule is CC(=O)O[C@@H]1[C@H](OC(C)=O)/C(=C\Cl)O[C@H]1n1cnc2c(N)ncnc21. The zero-order valence-corrected chi connectivity index (χ0v) is 14.0. The fourth-order valence-corrected chi connectivity index (χ4v) is 2.74. The molecule has 1 fully saturated rings. The molecule has 3 rings (SSSR count). The third-order valence-electron chi connectivity index (χ3n) is 3.48. The summed E-state index contributed by atoms with van der Waals surface area (Å²) in [5.41, 5.74) is 7.62. The van der Waals surface area contributed by atoms with Gasteiger partial charge in [0.05, 0.1) is 0 Å². The minimum atomic E-state index is -1.000. The number of ether oxygens (including phenoxy) is 3. The first-order valence-electron chi connectivity index (χ1n) is 7.16. The lowest BCUT2D eigenvalue weighted by atomic mass is 10.2. The molecule has 0 radical (unpaired) electrons. The minimum absolute atomic E-state index is 0.136. The number of anilines is 1. The summed E-state index contributed by atoms with van der Waals surface area (Å²) < 4.78 is 17.7. The van der Waals surface area contributed by atoms with Gasteiger partial charge in [0.25, 0.3) is 0 Å².